The summed E-state index contributed by atoms with van der Waals surface area (Å²) < 4.78 is 1.94. The van der Waals surface area contributed by atoms with Crippen LogP contribution < -0.4 is 0 Å². The van der Waals surface area contributed by atoms with Gasteiger partial charge in [0.15, 0.2) is 0 Å². The van der Waals surface area contributed by atoms with E-state index >= 15 is 0 Å². The van der Waals surface area contributed by atoms with E-state index in [1.165, 1.54) is 38.8 Å². The van der Waals surface area contributed by atoms with Crippen LogP contribution in [0, 0.1) is 6.92 Å². The molecule has 1 saturated heterocycles. The third kappa shape index (κ3) is 4.30. The molecule has 2 rings (SSSR count). The van der Waals surface area contributed by atoms with E-state index in [2.05, 4.69) is 9.88 Å². The minimum atomic E-state index is -0.179. The number of aromatic nitrogens is 2. The number of nitrogens with zero attached hydrogens (tertiary/aromatic N) is 4. The van der Waals surface area contributed by atoms with Crippen molar-refractivity contribution in [2.45, 2.75) is 45.6 Å². The van der Waals surface area contributed by atoms with Crippen molar-refractivity contribution in [1.82, 2.24) is 19.4 Å². The molecule has 0 saturated carbocycles. The Morgan fingerprint density at radius 2 is 2.00 bits per heavy atom. The molecule has 2 heterocycles. The highest BCUT2D eigenvalue weighted by atomic mass is 16.2. The van der Waals surface area contributed by atoms with Crippen LogP contribution in [-0.2, 0) is 4.79 Å². The van der Waals surface area contributed by atoms with Crippen LogP contribution in [0.15, 0.2) is 12.4 Å². The molecule has 1 amide bonds. The van der Waals surface area contributed by atoms with Gasteiger partial charge in [-0.2, -0.15) is 0 Å². The molecule has 5 heteroatoms. The summed E-state index contributed by atoms with van der Waals surface area (Å²) in [4.78, 5) is 21.0. The first-order chi connectivity index (χ1) is 10.1. The molecular weight excluding hydrogens is 264 g/mol. The molecule has 0 unspecified atom stereocenters. The average Bonchev–Trinajstić information content (AvgIpc) is 2.75. The van der Waals surface area contributed by atoms with Gasteiger partial charge in [0, 0.05) is 32.5 Å². The van der Waals surface area contributed by atoms with E-state index in [1.54, 1.807) is 6.20 Å². The highest BCUT2D eigenvalue weighted by Crippen LogP contribution is 2.12. The maximum absolute atomic E-state index is 12.5. The highest BCUT2D eigenvalue weighted by Gasteiger charge is 2.20. The Morgan fingerprint density at radius 1 is 1.33 bits per heavy atom. The molecule has 21 heavy (non-hydrogen) atoms. The second-order valence-electron chi connectivity index (χ2n) is 6.07. The maximum Gasteiger partial charge on any atom is 0.245 e. The van der Waals surface area contributed by atoms with Gasteiger partial charge in [-0.25, -0.2) is 4.98 Å². The molecule has 0 spiro atoms. The molecule has 1 aliphatic rings. The van der Waals surface area contributed by atoms with Gasteiger partial charge in [0.25, 0.3) is 0 Å². The number of hydrogen-bond donors (Lipinski definition) is 0. The molecule has 0 radical (unpaired) electrons. The lowest BCUT2D eigenvalue weighted by Crippen LogP contribution is -2.39. The Labute approximate surface area is 127 Å². The fraction of sp³-hybridized carbons (Fsp3) is 0.750. The minimum absolute atomic E-state index is 0.158. The number of carbonyl (C=O) groups is 1. The molecule has 0 aromatic carbocycles. The first-order valence-electron chi connectivity index (χ1n) is 8.06. The van der Waals surface area contributed by atoms with Gasteiger partial charge in [-0.3, -0.25) is 4.79 Å². The number of rotatable bonds is 5. The first kappa shape index (κ1) is 16.0. The molecule has 1 aromatic heterocycles. The number of amides is 1. The van der Waals surface area contributed by atoms with E-state index in [0.29, 0.717) is 0 Å². The second kappa shape index (κ2) is 7.59. The standard InChI is InChI=1S/C16H28N4O/c1-14(20-11-8-17-15(20)2)16(21)18(3)12-13-19-9-6-4-5-7-10-19/h8,11,14H,4-7,9-10,12-13H2,1-3H3/t14-/m1/s1. The van der Waals surface area contributed by atoms with E-state index in [9.17, 15) is 4.79 Å². The van der Waals surface area contributed by atoms with E-state index < -0.39 is 0 Å². The van der Waals surface area contributed by atoms with Gasteiger partial charge in [-0.15, -0.1) is 0 Å². The van der Waals surface area contributed by atoms with Gasteiger partial charge < -0.3 is 14.4 Å². The fourth-order valence-corrected chi connectivity index (χ4v) is 3.00. The zero-order valence-corrected chi connectivity index (χ0v) is 13.6. The van der Waals surface area contributed by atoms with Crippen LogP contribution in [0.25, 0.3) is 0 Å². The zero-order valence-electron chi connectivity index (χ0n) is 13.6. The van der Waals surface area contributed by atoms with Gasteiger partial charge in [0.2, 0.25) is 5.91 Å². The third-order valence-corrected chi connectivity index (χ3v) is 4.46. The Bertz CT molecular complexity index is 449. The SMILES string of the molecule is Cc1nccn1[C@H](C)C(=O)N(C)CCN1CCCCCC1. The van der Waals surface area contributed by atoms with E-state index in [1.807, 2.05) is 36.6 Å². The van der Waals surface area contributed by atoms with Crippen LogP contribution in [0.3, 0.4) is 0 Å². The normalized spacial score (nSPS) is 18.2. The fourth-order valence-electron chi connectivity index (χ4n) is 3.00. The lowest BCUT2D eigenvalue weighted by atomic mass is 10.2. The number of likely N-dealkylation sites (tertiary alicyclic amines) is 1. The molecule has 0 N–H and O–H groups in total. The quantitative estimate of drug-likeness (QED) is 0.834. The average molecular weight is 292 g/mol. The van der Waals surface area contributed by atoms with Crippen molar-refractivity contribution in [3.8, 4) is 0 Å². The minimum Gasteiger partial charge on any atom is -0.343 e. The number of likely N-dealkylation sites (N-methyl/N-ethyl adjacent to an activating group) is 1. The molecule has 0 bridgehead atoms. The van der Waals surface area contributed by atoms with Gasteiger partial charge in [0.05, 0.1) is 0 Å². The molecule has 1 atom stereocenters. The van der Waals surface area contributed by atoms with Crippen molar-refractivity contribution in [2.24, 2.45) is 0 Å². The Balaban J connectivity index is 1.83. The summed E-state index contributed by atoms with van der Waals surface area (Å²) in [6.07, 6.45) is 8.91. The largest absolute Gasteiger partial charge is 0.343 e. The molecule has 1 fully saturated rings. The Morgan fingerprint density at radius 3 is 2.57 bits per heavy atom. The van der Waals surface area contributed by atoms with Crippen molar-refractivity contribution in [1.29, 1.82) is 0 Å². The van der Waals surface area contributed by atoms with Crippen LogP contribution in [0.5, 0.6) is 0 Å². The Kier molecular flexibility index (Phi) is 5.79. The lowest BCUT2D eigenvalue weighted by molar-refractivity contribution is -0.133. The van der Waals surface area contributed by atoms with Crippen molar-refractivity contribution in [3.63, 3.8) is 0 Å². The molecular formula is C16H28N4O. The summed E-state index contributed by atoms with van der Waals surface area (Å²) in [5.41, 5.74) is 0. The molecule has 0 aliphatic carbocycles. The van der Waals surface area contributed by atoms with Gasteiger partial charge in [-0.05, 0) is 39.8 Å². The van der Waals surface area contributed by atoms with Crippen LogP contribution in [0.4, 0.5) is 0 Å². The third-order valence-electron chi connectivity index (χ3n) is 4.46. The molecule has 1 aliphatic heterocycles. The van der Waals surface area contributed by atoms with E-state index in [0.717, 1.165) is 18.9 Å². The van der Waals surface area contributed by atoms with Crippen LogP contribution in [-0.4, -0.2) is 58.5 Å². The van der Waals surface area contributed by atoms with Crippen molar-refractivity contribution in [3.05, 3.63) is 18.2 Å². The van der Waals surface area contributed by atoms with Crippen molar-refractivity contribution >= 4 is 5.91 Å². The Hall–Kier alpha value is -1.36. The van der Waals surface area contributed by atoms with Gasteiger partial charge in [0.1, 0.15) is 11.9 Å². The number of aryl methyl sites for hydroxylation is 1. The summed E-state index contributed by atoms with van der Waals surface area (Å²) in [6, 6.07) is -0.179. The summed E-state index contributed by atoms with van der Waals surface area (Å²) in [5, 5.41) is 0. The first-order valence-corrected chi connectivity index (χ1v) is 8.06. The van der Waals surface area contributed by atoms with Crippen LogP contribution in [0.2, 0.25) is 0 Å². The molecule has 5 nitrogen and oxygen atoms in total. The highest BCUT2D eigenvalue weighted by molar-refractivity contribution is 5.79. The number of carbonyl (C=O) groups excluding carboxylic acids is 1. The molecule has 118 valence electrons. The van der Waals surface area contributed by atoms with Crippen molar-refractivity contribution in [2.75, 3.05) is 33.2 Å². The van der Waals surface area contributed by atoms with Gasteiger partial charge in [-0.1, -0.05) is 12.8 Å². The smallest absolute Gasteiger partial charge is 0.245 e. The van der Waals surface area contributed by atoms with E-state index in [-0.39, 0.29) is 11.9 Å². The summed E-state index contributed by atoms with van der Waals surface area (Å²) in [6.45, 7) is 8.02. The zero-order chi connectivity index (χ0) is 15.2. The number of hydrogen-bond acceptors (Lipinski definition) is 3. The predicted molar refractivity (Wildman–Crippen MR) is 84.2 cm³/mol. The summed E-state index contributed by atoms with van der Waals surface area (Å²) >= 11 is 0. The number of imidazole rings is 1. The second-order valence-corrected chi connectivity index (χ2v) is 6.07. The van der Waals surface area contributed by atoms with Crippen LogP contribution >= 0.6 is 0 Å². The van der Waals surface area contributed by atoms with E-state index in [4.69, 9.17) is 0 Å². The predicted octanol–water partition coefficient (Wildman–Crippen LogP) is 2.09. The molecule has 1 aromatic rings. The maximum atomic E-state index is 12.5. The lowest BCUT2D eigenvalue weighted by Gasteiger charge is -2.26. The monoisotopic (exact) mass is 292 g/mol. The summed E-state index contributed by atoms with van der Waals surface area (Å²) in [5.74, 6) is 1.04. The van der Waals surface area contributed by atoms with Crippen molar-refractivity contribution < 1.29 is 4.79 Å². The van der Waals surface area contributed by atoms with Gasteiger partial charge >= 0.3 is 0 Å². The summed E-state index contributed by atoms with van der Waals surface area (Å²) in [7, 11) is 1.91. The topological polar surface area (TPSA) is 41.4 Å². The van der Waals surface area contributed by atoms with Crippen LogP contribution in [0.1, 0.15) is 44.5 Å².